The van der Waals surface area contributed by atoms with Gasteiger partial charge in [-0.1, -0.05) is 0 Å². The van der Waals surface area contributed by atoms with Gasteiger partial charge >= 0.3 is 0 Å². The number of nitrogens with zero attached hydrogens (tertiary/aromatic N) is 2. The zero-order chi connectivity index (χ0) is 11.0. The van der Waals surface area contributed by atoms with Gasteiger partial charge in [-0.05, 0) is 33.9 Å². The van der Waals surface area contributed by atoms with Crippen LogP contribution in [0.4, 0.5) is 0 Å². The molecule has 2 aliphatic rings. The number of likely N-dealkylation sites (N-methyl/N-ethyl adjacent to an activating group) is 2. The zero-order valence-corrected chi connectivity index (χ0v) is 9.86. The summed E-state index contributed by atoms with van der Waals surface area (Å²) in [5.74, 6) is 0.312. The van der Waals surface area contributed by atoms with E-state index in [0.717, 1.165) is 13.1 Å². The number of piperazine rings is 1. The Hall–Kier alpha value is -0.610. The van der Waals surface area contributed by atoms with Gasteiger partial charge in [-0.15, -0.1) is 0 Å². The summed E-state index contributed by atoms with van der Waals surface area (Å²) in [6, 6.07) is 1.05. The summed E-state index contributed by atoms with van der Waals surface area (Å²) in [5, 5.41) is 3.11. The van der Waals surface area contributed by atoms with Crippen molar-refractivity contribution in [2.24, 2.45) is 0 Å². The number of hydrogen-bond donors (Lipinski definition) is 1. The van der Waals surface area contributed by atoms with Crippen molar-refractivity contribution in [1.82, 2.24) is 15.1 Å². The van der Waals surface area contributed by atoms with E-state index in [1.54, 1.807) is 0 Å². The van der Waals surface area contributed by atoms with E-state index in [0.29, 0.717) is 18.0 Å². The van der Waals surface area contributed by atoms with Crippen molar-refractivity contribution >= 4 is 5.91 Å². The lowest BCUT2D eigenvalue weighted by molar-refractivity contribution is -0.144. The van der Waals surface area contributed by atoms with Gasteiger partial charge in [-0.2, -0.15) is 0 Å². The van der Waals surface area contributed by atoms with Crippen LogP contribution in [-0.4, -0.2) is 61.0 Å². The molecule has 0 radical (unpaired) electrons. The highest BCUT2D eigenvalue weighted by molar-refractivity contribution is 5.83. The first-order valence-corrected chi connectivity index (χ1v) is 5.82. The zero-order valence-electron chi connectivity index (χ0n) is 9.86. The summed E-state index contributed by atoms with van der Waals surface area (Å²) in [6.07, 6.45) is 2.41. The van der Waals surface area contributed by atoms with Gasteiger partial charge in [0.05, 0.1) is 0 Å². The molecule has 2 fully saturated rings. The van der Waals surface area contributed by atoms with Crippen LogP contribution in [0.3, 0.4) is 0 Å². The molecule has 0 spiro atoms. The van der Waals surface area contributed by atoms with Crippen molar-refractivity contribution in [3.05, 3.63) is 0 Å². The first-order chi connectivity index (χ1) is 7.15. The second-order valence-corrected chi connectivity index (χ2v) is 4.81. The molecule has 1 aliphatic heterocycles. The van der Waals surface area contributed by atoms with Crippen molar-refractivity contribution in [2.75, 3.05) is 27.2 Å². The Balaban J connectivity index is 2.08. The van der Waals surface area contributed by atoms with Gasteiger partial charge in [0.25, 0.3) is 0 Å². The summed E-state index contributed by atoms with van der Waals surface area (Å²) < 4.78 is 0. The Morgan fingerprint density at radius 1 is 1.47 bits per heavy atom. The highest BCUT2D eigenvalue weighted by Crippen LogP contribution is 2.30. The Morgan fingerprint density at radius 2 is 2.13 bits per heavy atom. The van der Waals surface area contributed by atoms with Crippen molar-refractivity contribution in [2.45, 2.75) is 37.9 Å². The van der Waals surface area contributed by atoms with E-state index in [1.165, 1.54) is 12.8 Å². The van der Waals surface area contributed by atoms with Gasteiger partial charge in [-0.25, -0.2) is 0 Å². The number of amides is 1. The second kappa shape index (κ2) is 4.10. The molecule has 4 nitrogen and oxygen atoms in total. The molecule has 15 heavy (non-hydrogen) atoms. The first-order valence-electron chi connectivity index (χ1n) is 5.82. The van der Waals surface area contributed by atoms with E-state index in [1.807, 2.05) is 7.05 Å². The molecule has 0 aromatic rings. The van der Waals surface area contributed by atoms with Gasteiger partial charge < -0.3 is 10.2 Å². The highest BCUT2D eigenvalue weighted by Gasteiger charge is 2.42. The number of carbonyl (C=O) groups excluding carboxylic acids is 1. The van der Waals surface area contributed by atoms with Gasteiger partial charge in [0.15, 0.2) is 0 Å². The van der Waals surface area contributed by atoms with Crippen molar-refractivity contribution in [1.29, 1.82) is 0 Å². The van der Waals surface area contributed by atoms with Crippen LogP contribution in [-0.2, 0) is 4.79 Å². The van der Waals surface area contributed by atoms with Gasteiger partial charge in [-0.3, -0.25) is 9.69 Å². The van der Waals surface area contributed by atoms with E-state index >= 15 is 0 Å². The van der Waals surface area contributed by atoms with Crippen molar-refractivity contribution in [3.8, 4) is 0 Å². The average molecular weight is 211 g/mol. The van der Waals surface area contributed by atoms with Gasteiger partial charge in [0, 0.05) is 25.2 Å². The van der Waals surface area contributed by atoms with E-state index < -0.39 is 0 Å². The van der Waals surface area contributed by atoms with Gasteiger partial charge in [0.2, 0.25) is 5.91 Å². The van der Waals surface area contributed by atoms with Crippen LogP contribution in [0.15, 0.2) is 0 Å². The van der Waals surface area contributed by atoms with Crippen LogP contribution in [0, 0.1) is 0 Å². The van der Waals surface area contributed by atoms with Crippen LogP contribution in [0.5, 0.6) is 0 Å². The third kappa shape index (κ3) is 2.01. The molecule has 2 rings (SSSR count). The topological polar surface area (TPSA) is 35.6 Å². The lowest BCUT2D eigenvalue weighted by Gasteiger charge is -2.43. The summed E-state index contributed by atoms with van der Waals surface area (Å²) in [7, 11) is 3.96. The molecule has 1 amide bonds. The normalized spacial score (nSPS) is 33.5. The number of hydrogen-bond acceptors (Lipinski definition) is 3. The Labute approximate surface area is 91.6 Å². The number of rotatable bonds is 3. The molecule has 0 aromatic carbocycles. The quantitative estimate of drug-likeness (QED) is 0.708. The highest BCUT2D eigenvalue weighted by atomic mass is 16.2. The minimum Gasteiger partial charge on any atom is -0.337 e. The molecule has 0 aromatic heterocycles. The van der Waals surface area contributed by atoms with E-state index in [9.17, 15) is 4.79 Å². The minimum absolute atomic E-state index is 0.0272. The van der Waals surface area contributed by atoms with E-state index in [4.69, 9.17) is 0 Å². The summed E-state index contributed by atoms with van der Waals surface area (Å²) in [4.78, 5) is 16.5. The fourth-order valence-electron chi connectivity index (χ4n) is 2.32. The molecule has 1 N–H and O–H groups in total. The molecule has 1 aliphatic carbocycles. The number of carbonyl (C=O) groups is 1. The Morgan fingerprint density at radius 3 is 2.67 bits per heavy atom. The fourth-order valence-corrected chi connectivity index (χ4v) is 2.32. The molecule has 2 atom stereocenters. The molecular formula is C11H21N3O. The first kappa shape index (κ1) is 10.9. The summed E-state index contributed by atoms with van der Waals surface area (Å²) in [6.45, 7) is 3.85. The standard InChI is InChI=1S/C11H21N3O/c1-8-7-14(9-4-5-9)11(15)10(6-12-2)13(8)3/h8-10,12H,4-7H2,1-3H3. The van der Waals surface area contributed by atoms with Crippen LogP contribution in [0.2, 0.25) is 0 Å². The molecule has 4 heteroatoms. The smallest absolute Gasteiger partial charge is 0.241 e. The largest absolute Gasteiger partial charge is 0.337 e. The summed E-state index contributed by atoms with van der Waals surface area (Å²) in [5.41, 5.74) is 0. The maximum Gasteiger partial charge on any atom is 0.241 e. The number of nitrogens with one attached hydrogen (secondary N) is 1. The lowest BCUT2D eigenvalue weighted by atomic mass is 10.1. The van der Waals surface area contributed by atoms with Crippen LogP contribution >= 0.6 is 0 Å². The van der Waals surface area contributed by atoms with E-state index in [-0.39, 0.29) is 6.04 Å². The van der Waals surface area contributed by atoms with Gasteiger partial charge in [0.1, 0.15) is 6.04 Å². The van der Waals surface area contributed by atoms with Crippen molar-refractivity contribution in [3.63, 3.8) is 0 Å². The maximum absolute atomic E-state index is 12.2. The predicted molar refractivity (Wildman–Crippen MR) is 59.7 cm³/mol. The molecule has 2 unspecified atom stereocenters. The Kier molecular flexibility index (Phi) is 2.98. The van der Waals surface area contributed by atoms with Crippen LogP contribution < -0.4 is 5.32 Å². The molecule has 1 saturated carbocycles. The SMILES string of the molecule is CNCC1C(=O)N(C2CC2)CC(C)N1C. The molecular weight excluding hydrogens is 190 g/mol. The second-order valence-electron chi connectivity index (χ2n) is 4.81. The minimum atomic E-state index is 0.0272. The fraction of sp³-hybridized carbons (Fsp3) is 0.909. The molecule has 1 saturated heterocycles. The third-order valence-electron chi connectivity index (χ3n) is 3.60. The van der Waals surface area contributed by atoms with E-state index in [2.05, 4.69) is 29.1 Å². The third-order valence-corrected chi connectivity index (χ3v) is 3.60. The average Bonchev–Trinajstić information content (AvgIpc) is 3.02. The monoisotopic (exact) mass is 211 g/mol. The molecule has 86 valence electrons. The van der Waals surface area contributed by atoms with Crippen LogP contribution in [0.25, 0.3) is 0 Å². The maximum atomic E-state index is 12.2. The van der Waals surface area contributed by atoms with Crippen molar-refractivity contribution < 1.29 is 4.79 Å². The molecule has 1 heterocycles. The van der Waals surface area contributed by atoms with Crippen LogP contribution in [0.1, 0.15) is 19.8 Å². The predicted octanol–water partition coefficient (Wildman–Crippen LogP) is -0.101. The summed E-state index contributed by atoms with van der Waals surface area (Å²) >= 11 is 0. The molecule has 0 bridgehead atoms. The Bertz CT molecular complexity index is 252. The lowest BCUT2D eigenvalue weighted by Crippen LogP contribution is -2.62.